The summed E-state index contributed by atoms with van der Waals surface area (Å²) in [6.45, 7) is 1.20. The number of aromatic nitrogens is 2. The third kappa shape index (κ3) is 2.83. The van der Waals surface area contributed by atoms with Crippen LogP contribution in [0.2, 0.25) is 0 Å². The standard InChI is InChI=1S/C11H15N3O3/c15-9(6-10(16)17)14-5-1-2-8(7-14)11-12-3-4-13-11/h3-4,8H,1-2,5-7H2,(H,12,13)(H,16,17). The molecule has 0 bridgehead atoms. The van der Waals surface area contributed by atoms with E-state index in [9.17, 15) is 9.59 Å². The van der Waals surface area contributed by atoms with E-state index < -0.39 is 12.4 Å². The van der Waals surface area contributed by atoms with Gasteiger partial charge in [-0.2, -0.15) is 0 Å². The predicted octanol–water partition coefficient (Wildman–Crippen LogP) is 0.590. The van der Waals surface area contributed by atoms with Crippen molar-refractivity contribution in [3.63, 3.8) is 0 Å². The summed E-state index contributed by atoms with van der Waals surface area (Å²) in [7, 11) is 0. The Morgan fingerprint density at radius 2 is 2.41 bits per heavy atom. The van der Waals surface area contributed by atoms with Crippen LogP contribution < -0.4 is 0 Å². The number of amides is 1. The smallest absolute Gasteiger partial charge is 0.312 e. The number of imidazole rings is 1. The van der Waals surface area contributed by atoms with Crippen molar-refractivity contribution in [1.82, 2.24) is 14.9 Å². The topological polar surface area (TPSA) is 86.3 Å². The van der Waals surface area contributed by atoms with Gasteiger partial charge in [0.25, 0.3) is 0 Å². The van der Waals surface area contributed by atoms with E-state index in [0.29, 0.717) is 13.1 Å². The Morgan fingerprint density at radius 1 is 1.59 bits per heavy atom. The van der Waals surface area contributed by atoms with Gasteiger partial charge in [0.1, 0.15) is 12.2 Å². The Bertz CT molecular complexity index is 402. The summed E-state index contributed by atoms with van der Waals surface area (Å²) in [5.41, 5.74) is 0. The highest BCUT2D eigenvalue weighted by molar-refractivity contribution is 5.93. The maximum absolute atomic E-state index is 11.6. The first-order valence-electron chi connectivity index (χ1n) is 5.65. The Kier molecular flexibility index (Phi) is 3.41. The van der Waals surface area contributed by atoms with Gasteiger partial charge in [0, 0.05) is 31.4 Å². The molecule has 2 heterocycles. The summed E-state index contributed by atoms with van der Waals surface area (Å²) in [4.78, 5) is 31.0. The zero-order valence-corrected chi connectivity index (χ0v) is 9.43. The number of likely N-dealkylation sites (tertiary alicyclic amines) is 1. The van der Waals surface area contributed by atoms with Gasteiger partial charge in [-0.3, -0.25) is 9.59 Å². The van der Waals surface area contributed by atoms with Crippen molar-refractivity contribution in [2.24, 2.45) is 0 Å². The minimum Gasteiger partial charge on any atom is -0.481 e. The molecule has 0 radical (unpaired) electrons. The lowest BCUT2D eigenvalue weighted by Gasteiger charge is -2.31. The molecule has 1 fully saturated rings. The van der Waals surface area contributed by atoms with Crippen LogP contribution in [-0.2, 0) is 9.59 Å². The number of aliphatic carboxylic acids is 1. The van der Waals surface area contributed by atoms with Crippen LogP contribution in [0.4, 0.5) is 0 Å². The molecule has 6 nitrogen and oxygen atoms in total. The van der Waals surface area contributed by atoms with Crippen LogP contribution in [-0.4, -0.2) is 44.9 Å². The Morgan fingerprint density at radius 3 is 3.06 bits per heavy atom. The normalized spacial score (nSPS) is 20.2. The fourth-order valence-corrected chi connectivity index (χ4v) is 2.17. The number of rotatable bonds is 3. The van der Waals surface area contributed by atoms with Crippen LogP contribution in [0.3, 0.4) is 0 Å². The molecular weight excluding hydrogens is 222 g/mol. The molecule has 92 valence electrons. The number of piperidine rings is 1. The van der Waals surface area contributed by atoms with Gasteiger partial charge < -0.3 is 15.0 Å². The van der Waals surface area contributed by atoms with Crippen LogP contribution in [0.15, 0.2) is 12.4 Å². The van der Waals surface area contributed by atoms with Crippen LogP contribution in [0.25, 0.3) is 0 Å². The van der Waals surface area contributed by atoms with Crippen molar-refractivity contribution >= 4 is 11.9 Å². The van der Waals surface area contributed by atoms with E-state index >= 15 is 0 Å². The number of aromatic amines is 1. The first-order valence-corrected chi connectivity index (χ1v) is 5.65. The average molecular weight is 237 g/mol. The molecule has 17 heavy (non-hydrogen) atoms. The summed E-state index contributed by atoms with van der Waals surface area (Å²) < 4.78 is 0. The maximum Gasteiger partial charge on any atom is 0.312 e. The highest BCUT2D eigenvalue weighted by Gasteiger charge is 2.26. The van der Waals surface area contributed by atoms with E-state index in [0.717, 1.165) is 18.7 Å². The molecule has 0 aliphatic carbocycles. The zero-order chi connectivity index (χ0) is 12.3. The van der Waals surface area contributed by atoms with Gasteiger partial charge in [-0.15, -0.1) is 0 Å². The summed E-state index contributed by atoms with van der Waals surface area (Å²) in [5.74, 6) is -0.321. The van der Waals surface area contributed by atoms with E-state index in [1.807, 2.05) is 0 Å². The highest BCUT2D eigenvalue weighted by atomic mass is 16.4. The van der Waals surface area contributed by atoms with Gasteiger partial charge in [-0.1, -0.05) is 0 Å². The van der Waals surface area contributed by atoms with Crippen molar-refractivity contribution in [3.8, 4) is 0 Å². The largest absolute Gasteiger partial charge is 0.481 e. The number of nitrogens with zero attached hydrogens (tertiary/aromatic N) is 2. The molecule has 1 amide bonds. The monoisotopic (exact) mass is 237 g/mol. The summed E-state index contributed by atoms with van der Waals surface area (Å²) in [6.07, 6.45) is 4.88. The molecule has 0 saturated carbocycles. The van der Waals surface area contributed by atoms with Crippen molar-refractivity contribution in [3.05, 3.63) is 18.2 Å². The Hall–Kier alpha value is -1.85. The lowest BCUT2D eigenvalue weighted by molar-refractivity contribution is -0.144. The second kappa shape index (κ2) is 4.99. The molecule has 0 spiro atoms. The van der Waals surface area contributed by atoms with Crippen molar-refractivity contribution in [2.75, 3.05) is 13.1 Å². The van der Waals surface area contributed by atoms with E-state index in [2.05, 4.69) is 9.97 Å². The number of carboxylic acids is 1. The molecule has 2 rings (SSSR count). The average Bonchev–Trinajstić information content (AvgIpc) is 2.82. The number of hydrogen-bond donors (Lipinski definition) is 2. The zero-order valence-electron chi connectivity index (χ0n) is 9.43. The van der Waals surface area contributed by atoms with E-state index in [-0.39, 0.29) is 11.8 Å². The number of nitrogens with one attached hydrogen (secondary N) is 1. The summed E-state index contributed by atoms with van der Waals surface area (Å²) >= 11 is 0. The quantitative estimate of drug-likeness (QED) is 0.753. The number of hydrogen-bond acceptors (Lipinski definition) is 3. The molecule has 6 heteroatoms. The molecule has 1 saturated heterocycles. The summed E-state index contributed by atoms with van der Waals surface area (Å²) in [5, 5.41) is 8.60. The van der Waals surface area contributed by atoms with E-state index in [1.165, 1.54) is 0 Å². The van der Waals surface area contributed by atoms with Crippen molar-refractivity contribution in [1.29, 1.82) is 0 Å². The van der Waals surface area contributed by atoms with Crippen LogP contribution in [0.1, 0.15) is 31.0 Å². The van der Waals surface area contributed by atoms with Crippen LogP contribution >= 0.6 is 0 Å². The second-order valence-corrected chi connectivity index (χ2v) is 4.22. The number of carbonyl (C=O) groups is 2. The van der Waals surface area contributed by atoms with Gasteiger partial charge >= 0.3 is 5.97 Å². The molecule has 1 unspecified atom stereocenters. The summed E-state index contributed by atoms with van der Waals surface area (Å²) in [6, 6.07) is 0. The molecule has 2 N–H and O–H groups in total. The van der Waals surface area contributed by atoms with Gasteiger partial charge in [0.15, 0.2) is 0 Å². The lowest BCUT2D eigenvalue weighted by Crippen LogP contribution is -2.40. The van der Waals surface area contributed by atoms with Crippen molar-refractivity contribution < 1.29 is 14.7 Å². The first kappa shape index (κ1) is 11.6. The first-order chi connectivity index (χ1) is 8.16. The number of H-pyrrole nitrogens is 1. The van der Waals surface area contributed by atoms with Crippen LogP contribution in [0, 0.1) is 0 Å². The SMILES string of the molecule is O=C(O)CC(=O)N1CCCC(c2ncc[nH]2)C1. The van der Waals surface area contributed by atoms with Gasteiger partial charge in [-0.05, 0) is 12.8 Å². The molecule has 1 aromatic rings. The molecule has 1 aliphatic rings. The third-order valence-electron chi connectivity index (χ3n) is 2.98. The van der Waals surface area contributed by atoms with Gasteiger partial charge in [0.2, 0.25) is 5.91 Å². The molecule has 1 aromatic heterocycles. The molecular formula is C11H15N3O3. The number of carbonyl (C=O) groups excluding carboxylic acids is 1. The van der Waals surface area contributed by atoms with Gasteiger partial charge in [0.05, 0.1) is 0 Å². The third-order valence-corrected chi connectivity index (χ3v) is 2.98. The molecule has 0 aromatic carbocycles. The lowest BCUT2D eigenvalue weighted by atomic mass is 9.97. The molecule has 1 atom stereocenters. The predicted molar refractivity (Wildman–Crippen MR) is 59.4 cm³/mol. The fourth-order valence-electron chi connectivity index (χ4n) is 2.17. The Balaban J connectivity index is 1.97. The van der Waals surface area contributed by atoms with Gasteiger partial charge in [-0.25, -0.2) is 4.98 Å². The maximum atomic E-state index is 11.6. The minimum atomic E-state index is -1.07. The van der Waals surface area contributed by atoms with E-state index in [4.69, 9.17) is 5.11 Å². The Labute approximate surface area is 98.7 Å². The minimum absolute atomic E-state index is 0.191. The molecule has 1 aliphatic heterocycles. The fraction of sp³-hybridized carbons (Fsp3) is 0.545. The van der Waals surface area contributed by atoms with Crippen molar-refractivity contribution in [2.45, 2.75) is 25.2 Å². The highest BCUT2D eigenvalue weighted by Crippen LogP contribution is 2.24. The second-order valence-electron chi connectivity index (χ2n) is 4.22. The number of carboxylic acid groups (broad SMARTS) is 1. The van der Waals surface area contributed by atoms with E-state index in [1.54, 1.807) is 17.3 Å². The van der Waals surface area contributed by atoms with Crippen LogP contribution in [0.5, 0.6) is 0 Å².